The summed E-state index contributed by atoms with van der Waals surface area (Å²) in [5, 5.41) is 2.71. The Morgan fingerprint density at radius 2 is 1.62 bits per heavy atom. The molecule has 1 unspecified atom stereocenters. The summed E-state index contributed by atoms with van der Waals surface area (Å²) in [6.45, 7) is 2.23. The van der Waals surface area contributed by atoms with Gasteiger partial charge in [-0.25, -0.2) is 4.79 Å². The molecule has 0 aliphatic carbocycles. The molecule has 1 atom stereocenters. The Balaban J connectivity index is 1.91. The Labute approximate surface area is 141 Å². The van der Waals surface area contributed by atoms with Gasteiger partial charge in [-0.2, -0.15) is 0 Å². The van der Waals surface area contributed by atoms with E-state index in [1.165, 1.54) is 0 Å². The molecule has 1 N–H and O–H groups in total. The first kappa shape index (κ1) is 17.5. The Kier molecular flexibility index (Phi) is 6.83. The molecule has 2 rings (SSSR count). The number of benzene rings is 2. The van der Waals surface area contributed by atoms with Gasteiger partial charge in [0, 0.05) is 0 Å². The standard InChI is InChI=1S/C19H21NO4/c1-2-23-19(22)18(15-9-5-3-6-10-15)20-17(21)13-14-24-16-11-7-4-8-12-16/h3-12,18H,2,13-14H2,1H3,(H,20,21). The number of hydrogen-bond acceptors (Lipinski definition) is 4. The zero-order valence-electron chi connectivity index (χ0n) is 13.6. The third-order valence-corrected chi connectivity index (χ3v) is 3.30. The first-order chi connectivity index (χ1) is 11.7. The highest BCUT2D eigenvalue weighted by atomic mass is 16.5. The van der Waals surface area contributed by atoms with Crippen molar-refractivity contribution in [3.05, 3.63) is 66.2 Å². The van der Waals surface area contributed by atoms with Crippen LogP contribution in [-0.2, 0) is 14.3 Å². The number of carbonyl (C=O) groups is 2. The fourth-order valence-corrected chi connectivity index (χ4v) is 2.16. The molecular weight excluding hydrogens is 306 g/mol. The molecule has 0 saturated heterocycles. The molecule has 0 bridgehead atoms. The SMILES string of the molecule is CCOC(=O)C(NC(=O)CCOc1ccccc1)c1ccccc1. The second-order valence-electron chi connectivity index (χ2n) is 5.07. The van der Waals surface area contributed by atoms with Crippen molar-refractivity contribution in [3.63, 3.8) is 0 Å². The molecule has 0 aliphatic rings. The van der Waals surface area contributed by atoms with E-state index in [1.54, 1.807) is 19.1 Å². The van der Waals surface area contributed by atoms with Gasteiger partial charge in [-0.05, 0) is 24.6 Å². The first-order valence-corrected chi connectivity index (χ1v) is 7.89. The van der Waals surface area contributed by atoms with E-state index in [1.807, 2.05) is 48.5 Å². The average molecular weight is 327 g/mol. The Bertz CT molecular complexity index is 643. The van der Waals surface area contributed by atoms with Crippen LogP contribution in [0.5, 0.6) is 5.75 Å². The van der Waals surface area contributed by atoms with Crippen LogP contribution in [0.2, 0.25) is 0 Å². The second-order valence-corrected chi connectivity index (χ2v) is 5.07. The molecule has 5 nitrogen and oxygen atoms in total. The van der Waals surface area contributed by atoms with Gasteiger partial charge in [0.1, 0.15) is 5.75 Å². The molecule has 0 heterocycles. The van der Waals surface area contributed by atoms with Crippen molar-refractivity contribution >= 4 is 11.9 Å². The highest BCUT2D eigenvalue weighted by Gasteiger charge is 2.23. The minimum absolute atomic E-state index is 0.150. The quantitative estimate of drug-likeness (QED) is 0.757. The van der Waals surface area contributed by atoms with E-state index >= 15 is 0 Å². The van der Waals surface area contributed by atoms with E-state index in [0.717, 1.165) is 0 Å². The summed E-state index contributed by atoms with van der Waals surface area (Å²) in [7, 11) is 0. The van der Waals surface area contributed by atoms with E-state index in [9.17, 15) is 9.59 Å². The van der Waals surface area contributed by atoms with Crippen LogP contribution in [0.15, 0.2) is 60.7 Å². The zero-order valence-corrected chi connectivity index (χ0v) is 13.6. The average Bonchev–Trinajstić information content (AvgIpc) is 2.61. The Morgan fingerprint density at radius 3 is 2.25 bits per heavy atom. The van der Waals surface area contributed by atoms with Crippen molar-refractivity contribution in [2.45, 2.75) is 19.4 Å². The van der Waals surface area contributed by atoms with Gasteiger partial charge in [0.25, 0.3) is 0 Å². The van der Waals surface area contributed by atoms with Crippen molar-refractivity contribution < 1.29 is 19.1 Å². The van der Waals surface area contributed by atoms with Crippen LogP contribution < -0.4 is 10.1 Å². The zero-order chi connectivity index (χ0) is 17.2. The maximum Gasteiger partial charge on any atom is 0.333 e. The summed E-state index contributed by atoms with van der Waals surface area (Å²) in [5.41, 5.74) is 0.688. The Hall–Kier alpha value is -2.82. The lowest BCUT2D eigenvalue weighted by Gasteiger charge is -2.17. The Morgan fingerprint density at radius 1 is 1.00 bits per heavy atom. The highest BCUT2D eigenvalue weighted by Crippen LogP contribution is 2.15. The smallest absolute Gasteiger partial charge is 0.333 e. The van der Waals surface area contributed by atoms with Crippen LogP contribution in [-0.4, -0.2) is 25.1 Å². The highest BCUT2D eigenvalue weighted by molar-refractivity contribution is 5.85. The second kappa shape index (κ2) is 9.35. The van der Waals surface area contributed by atoms with Crippen molar-refractivity contribution in [2.24, 2.45) is 0 Å². The third-order valence-electron chi connectivity index (χ3n) is 3.30. The van der Waals surface area contributed by atoms with E-state index in [0.29, 0.717) is 11.3 Å². The number of esters is 1. The number of amides is 1. The number of para-hydroxylation sites is 1. The van der Waals surface area contributed by atoms with Gasteiger partial charge in [0.05, 0.1) is 19.6 Å². The minimum Gasteiger partial charge on any atom is -0.493 e. The van der Waals surface area contributed by atoms with Crippen LogP contribution >= 0.6 is 0 Å². The summed E-state index contributed by atoms with van der Waals surface area (Å²) < 4.78 is 10.5. The lowest BCUT2D eigenvalue weighted by molar-refractivity contribution is -0.147. The molecule has 5 heteroatoms. The number of carbonyl (C=O) groups excluding carboxylic acids is 2. The molecule has 2 aromatic rings. The van der Waals surface area contributed by atoms with Crippen LogP contribution in [0.3, 0.4) is 0 Å². The van der Waals surface area contributed by atoms with E-state index in [2.05, 4.69) is 5.32 Å². The third kappa shape index (κ3) is 5.43. The minimum atomic E-state index is -0.810. The fraction of sp³-hybridized carbons (Fsp3) is 0.263. The van der Waals surface area contributed by atoms with Crippen molar-refractivity contribution in [3.8, 4) is 5.75 Å². The normalized spacial score (nSPS) is 11.4. The van der Waals surface area contributed by atoms with Crippen molar-refractivity contribution in [1.29, 1.82) is 0 Å². The van der Waals surface area contributed by atoms with E-state index in [-0.39, 0.29) is 25.5 Å². The molecule has 0 saturated carbocycles. The van der Waals surface area contributed by atoms with Gasteiger partial charge in [-0.15, -0.1) is 0 Å². The van der Waals surface area contributed by atoms with Gasteiger partial charge < -0.3 is 14.8 Å². The molecular formula is C19H21NO4. The van der Waals surface area contributed by atoms with E-state index < -0.39 is 12.0 Å². The molecule has 0 fully saturated rings. The molecule has 0 aromatic heterocycles. The van der Waals surface area contributed by atoms with E-state index in [4.69, 9.17) is 9.47 Å². The molecule has 0 spiro atoms. The lowest BCUT2D eigenvalue weighted by Crippen LogP contribution is -2.35. The summed E-state index contributed by atoms with van der Waals surface area (Å²) in [4.78, 5) is 24.2. The molecule has 0 aliphatic heterocycles. The van der Waals surface area contributed by atoms with Crippen LogP contribution in [0, 0.1) is 0 Å². The number of nitrogens with one attached hydrogen (secondary N) is 1. The summed E-state index contributed by atoms with van der Waals surface area (Å²) in [6, 6.07) is 17.5. The summed E-state index contributed by atoms with van der Waals surface area (Å²) in [6.07, 6.45) is 0.150. The van der Waals surface area contributed by atoms with Gasteiger partial charge in [-0.3, -0.25) is 4.79 Å². The number of hydrogen-bond donors (Lipinski definition) is 1. The lowest BCUT2D eigenvalue weighted by atomic mass is 10.1. The summed E-state index contributed by atoms with van der Waals surface area (Å²) >= 11 is 0. The largest absolute Gasteiger partial charge is 0.493 e. The first-order valence-electron chi connectivity index (χ1n) is 7.89. The number of ether oxygens (including phenoxy) is 2. The maximum absolute atomic E-state index is 12.1. The van der Waals surface area contributed by atoms with Gasteiger partial charge in [0.2, 0.25) is 5.91 Å². The van der Waals surface area contributed by atoms with Gasteiger partial charge >= 0.3 is 5.97 Å². The predicted molar refractivity (Wildman–Crippen MR) is 90.5 cm³/mol. The number of rotatable bonds is 8. The molecule has 0 radical (unpaired) electrons. The molecule has 126 valence electrons. The monoisotopic (exact) mass is 327 g/mol. The van der Waals surface area contributed by atoms with Crippen LogP contribution in [0.4, 0.5) is 0 Å². The van der Waals surface area contributed by atoms with Gasteiger partial charge in [0.15, 0.2) is 6.04 Å². The van der Waals surface area contributed by atoms with Gasteiger partial charge in [-0.1, -0.05) is 48.5 Å². The predicted octanol–water partition coefficient (Wildman–Crippen LogP) is 2.88. The molecule has 1 amide bonds. The van der Waals surface area contributed by atoms with Crippen LogP contribution in [0.1, 0.15) is 24.9 Å². The molecule has 2 aromatic carbocycles. The molecule has 24 heavy (non-hydrogen) atoms. The maximum atomic E-state index is 12.1. The van der Waals surface area contributed by atoms with Crippen molar-refractivity contribution in [1.82, 2.24) is 5.32 Å². The fourth-order valence-electron chi connectivity index (χ4n) is 2.16. The van der Waals surface area contributed by atoms with Crippen LogP contribution in [0.25, 0.3) is 0 Å². The topological polar surface area (TPSA) is 64.6 Å². The van der Waals surface area contributed by atoms with Crippen molar-refractivity contribution in [2.75, 3.05) is 13.2 Å². The summed E-state index contributed by atoms with van der Waals surface area (Å²) in [5.74, 6) is -0.0378.